The van der Waals surface area contributed by atoms with E-state index in [0.29, 0.717) is 12.1 Å². The fourth-order valence-electron chi connectivity index (χ4n) is 3.51. The van der Waals surface area contributed by atoms with Gasteiger partial charge in [0.25, 0.3) is 0 Å². The fourth-order valence-corrected chi connectivity index (χ4v) is 3.51. The molecule has 1 fully saturated rings. The largest absolute Gasteiger partial charge is 0.335 e. The number of nitrogens with one attached hydrogen (secondary N) is 3. The number of anilines is 2. The maximum Gasteiger partial charge on any atom is 0.319 e. The lowest BCUT2D eigenvalue weighted by atomic mass is 10.1. The first-order valence-electron chi connectivity index (χ1n) is 9.76. The fraction of sp³-hybridized carbons (Fsp3) is 0.429. The highest BCUT2D eigenvalue weighted by molar-refractivity contribution is 5.96. The number of benzene rings is 1. The van der Waals surface area contributed by atoms with Crippen LogP contribution in [0, 0.1) is 12.8 Å². The number of amides is 3. The normalized spacial score (nSPS) is 15.1. The minimum absolute atomic E-state index is 0.0693. The van der Waals surface area contributed by atoms with E-state index in [1.165, 1.54) is 0 Å². The molecule has 28 heavy (non-hydrogen) atoms. The molecule has 0 aliphatic heterocycles. The molecule has 3 rings (SSSR count). The molecule has 0 unspecified atom stereocenters. The molecule has 1 aromatic heterocycles. The summed E-state index contributed by atoms with van der Waals surface area (Å²) in [6, 6.07) is 5.13. The molecular formula is C21H27N5O2. The first kappa shape index (κ1) is 19.8. The zero-order valence-electron chi connectivity index (χ0n) is 16.4. The molecule has 7 nitrogen and oxygen atoms in total. The van der Waals surface area contributed by atoms with Gasteiger partial charge in [-0.1, -0.05) is 18.9 Å². The van der Waals surface area contributed by atoms with Crippen LogP contribution in [-0.2, 0) is 11.2 Å². The Balaban J connectivity index is 1.57. The Bertz CT molecular complexity index is 819. The molecule has 3 N–H and O–H groups in total. The third-order valence-corrected chi connectivity index (χ3v) is 5.08. The number of rotatable bonds is 6. The Labute approximate surface area is 165 Å². The van der Waals surface area contributed by atoms with Crippen LogP contribution in [0.2, 0.25) is 0 Å². The highest BCUT2D eigenvalue weighted by Crippen LogP contribution is 2.28. The summed E-state index contributed by atoms with van der Waals surface area (Å²) in [4.78, 5) is 33.0. The first-order chi connectivity index (χ1) is 13.5. The molecule has 2 aromatic rings. The highest BCUT2D eigenvalue weighted by Gasteiger charge is 2.23. The first-order valence-corrected chi connectivity index (χ1v) is 9.76. The molecule has 1 heterocycles. The zero-order valence-corrected chi connectivity index (χ0v) is 16.4. The molecule has 0 radical (unpaired) electrons. The van der Waals surface area contributed by atoms with Gasteiger partial charge in [0.2, 0.25) is 5.91 Å². The van der Waals surface area contributed by atoms with Gasteiger partial charge in [-0.2, -0.15) is 0 Å². The predicted molar refractivity (Wildman–Crippen MR) is 109 cm³/mol. The number of hydrogen-bond acceptors (Lipinski definition) is 4. The summed E-state index contributed by atoms with van der Waals surface area (Å²) in [7, 11) is 0. The lowest BCUT2D eigenvalue weighted by Crippen LogP contribution is -2.37. The van der Waals surface area contributed by atoms with E-state index in [0.717, 1.165) is 42.6 Å². The maximum absolute atomic E-state index is 12.4. The average Bonchev–Trinajstić information content (AvgIpc) is 3.20. The minimum atomic E-state index is -0.293. The average molecular weight is 381 g/mol. The van der Waals surface area contributed by atoms with Gasteiger partial charge in [-0.05, 0) is 44.4 Å². The molecule has 1 aromatic carbocycles. The van der Waals surface area contributed by atoms with Gasteiger partial charge in [0.05, 0.1) is 5.69 Å². The summed E-state index contributed by atoms with van der Waals surface area (Å²) in [5.74, 6) is 0.168. The maximum atomic E-state index is 12.4. The van der Waals surface area contributed by atoms with E-state index in [2.05, 4.69) is 25.9 Å². The van der Waals surface area contributed by atoms with Gasteiger partial charge >= 0.3 is 6.03 Å². The molecule has 148 valence electrons. The van der Waals surface area contributed by atoms with Gasteiger partial charge in [0, 0.05) is 48.3 Å². The van der Waals surface area contributed by atoms with Crippen LogP contribution in [0.3, 0.4) is 0 Å². The Morgan fingerprint density at radius 2 is 1.86 bits per heavy atom. The van der Waals surface area contributed by atoms with Gasteiger partial charge in [0.1, 0.15) is 0 Å². The summed E-state index contributed by atoms with van der Waals surface area (Å²) in [5.41, 5.74) is 3.07. The number of nitrogens with zero attached hydrogens (tertiary/aromatic N) is 2. The second-order valence-corrected chi connectivity index (χ2v) is 7.35. The van der Waals surface area contributed by atoms with Crippen molar-refractivity contribution in [3.8, 4) is 0 Å². The SMILES string of the molecule is Cc1c(NC(=O)N[C@H](C)Cc2cnccn2)cccc1NC(=O)C1CCCC1. The van der Waals surface area contributed by atoms with Crippen LogP contribution in [-0.4, -0.2) is 27.9 Å². The topological polar surface area (TPSA) is 96.0 Å². The van der Waals surface area contributed by atoms with Crippen molar-refractivity contribution in [3.05, 3.63) is 48.0 Å². The summed E-state index contributed by atoms with van der Waals surface area (Å²) >= 11 is 0. The molecule has 1 aliphatic rings. The number of carbonyl (C=O) groups is 2. The Morgan fingerprint density at radius 3 is 2.54 bits per heavy atom. The van der Waals surface area contributed by atoms with E-state index in [1.54, 1.807) is 18.6 Å². The van der Waals surface area contributed by atoms with Crippen LogP contribution in [0.15, 0.2) is 36.8 Å². The van der Waals surface area contributed by atoms with E-state index in [1.807, 2.05) is 32.0 Å². The third kappa shape index (κ3) is 5.28. The minimum Gasteiger partial charge on any atom is -0.335 e. The van der Waals surface area contributed by atoms with E-state index < -0.39 is 0 Å². The summed E-state index contributed by atoms with van der Waals surface area (Å²) in [5, 5.41) is 8.79. The van der Waals surface area contributed by atoms with Crippen molar-refractivity contribution in [2.45, 2.75) is 52.0 Å². The molecule has 7 heteroatoms. The smallest absolute Gasteiger partial charge is 0.319 e. The second-order valence-electron chi connectivity index (χ2n) is 7.35. The lowest BCUT2D eigenvalue weighted by Gasteiger charge is -2.17. The molecular weight excluding hydrogens is 354 g/mol. The number of urea groups is 1. The van der Waals surface area contributed by atoms with Crippen molar-refractivity contribution in [3.63, 3.8) is 0 Å². The van der Waals surface area contributed by atoms with Crippen LogP contribution in [0.25, 0.3) is 0 Å². The van der Waals surface area contributed by atoms with E-state index in [9.17, 15) is 9.59 Å². The zero-order chi connectivity index (χ0) is 19.9. The van der Waals surface area contributed by atoms with Crippen LogP contribution in [0.5, 0.6) is 0 Å². The van der Waals surface area contributed by atoms with Crippen LogP contribution in [0.4, 0.5) is 16.2 Å². The molecule has 1 aliphatic carbocycles. The van der Waals surface area contributed by atoms with Crippen LogP contribution >= 0.6 is 0 Å². The van der Waals surface area contributed by atoms with Crippen molar-refractivity contribution < 1.29 is 9.59 Å². The van der Waals surface area contributed by atoms with Gasteiger partial charge in [-0.3, -0.25) is 14.8 Å². The predicted octanol–water partition coefficient (Wildman–Crippen LogP) is 3.67. The summed E-state index contributed by atoms with van der Waals surface area (Å²) in [6.45, 7) is 3.81. The summed E-state index contributed by atoms with van der Waals surface area (Å²) in [6.07, 6.45) is 9.68. The molecule has 1 saturated carbocycles. The van der Waals surface area contributed by atoms with Crippen molar-refractivity contribution in [2.75, 3.05) is 10.6 Å². The van der Waals surface area contributed by atoms with E-state index in [-0.39, 0.29) is 23.9 Å². The van der Waals surface area contributed by atoms with Gasteiger partial charge in [-0.25, -0.2) is 4.79 Å². The lowest BCUT2D eigenvalue weighted by molar-refractivity contribution is -0.119. The van der Waals surface area contributed by atoms with Crippen LogP contribution < -0.4 is 16.0 Å². The second kappa shape index (κ2) is 9.30. The van der Waals surface area contributed by atoms with Crippen molar-refractivity contribution in [1.29, 1.82) is 0 Å². The van der Waals surface area contributed by atoms with E-state index in [4.69, 9.17) is 0 Å². The van der Waals surface area contributed by atoms with E-state index >= 15 is 0 Å². The quantitative estimate of drug-likeness (QED) is 0.711. The molecule has 0 saturated heterocycles. The number of hydrogen-bond donors (Lipinski definition) is 3. The molecule has 0 spiro atoms. The van der Waals surface area contributed by atoms with Crippen molar-refractivity contribution >= 4 is 23.3 Å². The third-order valence-electron chi connectivity index (χ3n) is 5.08. The molecule has 0 bridgehead atoms. The van der Waals surface area contributed by atoms with Crippen molar-refractivity contribution in [2.24, 2.45) is 5.92 Å². The van der Waals surface area contributed by atoms with Gasteiger partial charge < -0.3 is 16.0 Å². The van der Waals surface area contributed by atoms with Gasteiger partial charge in [0.15, 0.2) is 0 Å². The van der Waals surface area contributed by atoms with Gasteiger partial charge in [-0.15, -0.1) is 0 Å². The molecule has 3 amide bonds. The Kier molecular flexibility index (Phi) is 6.57. The van der Waals surface area contributed by atoms with Crippen LogP contribution in [0.1, 0.15) is 43.9 Å². The molecule has 1 atom stereocenters. The Hall–Kier alpha value is -2.96. The standard InChI is InChI=1S/C21H27N5O2/c1-14(12-17-13-22-10-11-23-17)24-21(28)26-19-9-5-8-18(15(19)2)25-20(27)16-6-3-4-7-16/h5,8-11,13-14,16H,3-4,6-7,12H2,1-2H3,(H,25,27)(H2,24,26,28)/t14-/m1/s1. The Morgan fingerprint density at radius 1 is 1.14 bits per heavy atom. The highest BCUT2D eigenvalue weighted by atomic mass is 16.2. The number of aromatic nitrogens is 2. The number of carbonyl (C=O) groups excluding carboxylic acids is 2. The monoisotopic (exact) mass is 381 g/mol. The van der Waals surface area contributed by atoms with Crippen molar-refractivity contribution in [1.82, 2.24) is 15.3 Å². The summed E-state index contributed by atoms with van der Waals surface area (Å²) < 4.78 is 0.